The monoisotopic (exact) mass is 284 g/mol. The summed E-state index contributed by atoms with van der Waals surface area (Å²) < 4.78 is 5.75. The normalized spacial score (nSPS) is 32.6. The maximum absolute atomic E-state index is 11.6. The lowest BCUT2D eigenvalue weighted by atomic mass is 9.92. The van der Waals surface area contributed by atoms with Crippen LogP contribution in [0.3, 0.4) is 0 Å². The Kier molecular flexibility index (Phi) is 4.72. The third-order valence-electron chi connectivity index (χ3n) is 4.35. The fourth-order valence-electron chi connectivity index (χ4n) is 3.18. The highest BCUT2D eigenvalue weighted by Crippen LogP contribution is 2.27. The maximum atomic E-state index is 11.6. The van der Waals surface area contributed by atoms with E-state index in [9.17, 15) is 9.90 Å². The fraction of sp³-hybridized carbons (Fsp3) is 0.933. The van der Waals surface area contributed by atoms with Crippen molar-refractivity contribution in [2.45, 2.75) is 76.8 Å². The summed E-state index contributed by atoms with van der Waals surface area (Å²) >= 11 is 0. The van der Waals surface area contributed by atoms with Crippen molar-refractivity contribution in [3.63, 3.8) is 0 Å². The molecule has 1 heterocycles. The molecule has 2 unspecified atom stereocenters. The van der Waals surface area contributed by atoms with Gasteiger partial charge in [0.05, 0.1) is 12.2 Å². The number of carboxylic acid groups (broad SMARTS) is 1. The Morgan fingerprint density at radius 1 is 1.40 bits per heavy atom. The summed E-state index contributed by atoms with van der Waals surface area (Å²) in [5.74, 6) is -0.745. The number of aliphatic carboxylic acids is 1. The first-order chi connectivity index (χ1) is 9.30. The first-order valence-corrected chi connectivity index (χ1v) is 7.71. The molecule has 2 N–H and O–H groups in total. The van der Waals surface area contributed by atoms with Crippen LogP contribution in [0.25, 0.3) is 0 Å². The van der Waals surface area contributed by atoms with Gasteiger partial charge in [-0.3, -0.25) is 15.0 Å². The van der Waals surface area contributed by atoms with Crippen molar-refractivity contribution >= 4 is 5.97 Å². The van der Waals surface area contributed by atoms with Gasteiger partial charge in [0.1, 0.15) is 5.54 Å². The van der Waals surface area contributed by atoms with Gasteiger partial charge in [-0.25, -0.2) is 0 Å². The number of nitrogens with one attached hydrogen (secondary N) is 1. The molecule has 0 spiro atoms. The van der Waals surface area contributed by atoms with Crippen molar-refractivity contribution < 1.29 is 14.6 Å². The zero-order valence-electron chi connectivity index (χ0n) is 13.1. The molecule has 0 aromatic heterocycles. The molecule has 0 aromatic rings. The van der Waals surface area contributed by atoms with Gasteiger partial charge >= 0.3 is 5.97 Å². The van der Waals surface area contributed by atoms with Crippen LogP contribution in [0, 0.1) is 0 Å². The van der Waals surface area contributed by atoms with Crippen LogP contribution in [-0.4, -0.2) is 58.9 Å². The van der Waals surface area contributed by atoms with E-state index in [0.29, 0.717) is 12.5 Å². The van der Waals surface area contributed by atoms with E-state index in [4.69, 9.17) is 4.74 Å². The molecule has 5 nitrogen and oxygen atoms in total. The van der Waals surface area contributed by atoms with Crippen molar-refractivity contribution in [3.05, 3.63) is 0 Å². The third kappa shape index (κ3) is 3.93. The van der Waals surface area contributed by atoms with Gasteiger partial charge in [-0.2, -0.15) is 0 Å². The number of ether oxygens (including phenoxy) is 1. The van der Waals surface area contributed by atoms with E-state index in [1.807, 2.05) is 6.92 Å². The minimum atomic E-state index is -0.828. The zero-order chi connectivity index (χ0) is 14.9. The lowest BCUT2D eigenvalue weighted by molar-refractivity contribution is -0.145. The smallest absolute Gasteiger partial charge is 0.323 e. The van der Waals surface area contributed by atoms with Crippen molar-refractivity contribution in [1.82, 2.24) is 10.2 Å². The van der Waals surface area contributed by atoms with Crippen molar-refractivity contribution in [1.29, 1.82) is 0 Å². The van der Waals surface area contributed by atoms with Gasteiger partial charge in [0, 0.05) is 25.2 Å². The van der Waals surface area contributed by atoms with E-state index in [-0.39, 0.29) is 18.2 Å². The molecule has 2 aliphatic rings. The molecule has 1 aliphatic carbocycles. The summed E-state index contributed by atoms with van der Waals surface area (Å²) in [6, 6.07) is 0.627. The van der Waals surface area contributed by atoms with Gasteiger partial charge in [-0.1, -0.05) is 0 Å². The molecule has 1 saturated heterocycles. The van der Waals surface area contributed by atoms with Crippen molar-refractivity contribution in [3.8, 4) is 0 Å². The Morgan fingerprint density at radius 2 is 1.95 bits per heavy atom. The number of carboxylic acids is 1. The number of hydrogen-bond acceptors (Lipinski definition) is 4. The molecule has 0 aromatic carbocycles. The summed E-state index contributed by atoms with van der Waals surface area (Å²) in [4.78, 5) is 14.0. The van der Waals surface area contributed by atoms with Gasteiger partial charge in [0.25, 0.3) is 0 Å². The Balaban J connectivity index is 1.96. The number of rotatable bonds is 6. The highest BCUT2D eigenvalue weighted by Gasteiger charge is 2.41. The molecule has 4 atom stereocenters. The molecule has 0 amide bonds. The van der Waals surface area contributed by atoms with E-state index >= 15 is 0 Å². The van der Waals surface area contributed by atoms with E-state index in [1.54, 1.807) is 0 Å². The highest BCUT2D eigenvalue weighted by molar-refractivity contribution is 5.78. The van der Waals surface area contributed by atoms with Crippen molar-refractivity contribution in [2.75, 3.05) is 13.1 Å². The lowest BCUT2D eigenvalue weighted by Crippen LogP contribution is -2.56. The third-order valence-corrected chi connectivity index (χ3v) is 4.35. The Hall–Kier alpha value is -0.650. The SMILES string of the molecule is CC(CC(C)(NC1CC1)C(=O)O)N1C[C@@H](C)O[C@@H](C)C1. The molecular weight excluding hydrogens is 256 g/mol. The largest absolute Gasteiger partial charge is 0.480 e. The molecule has 116 valence electrons. The van der Waals surface area contributed by atoms with Gasteiger partial charge in [-0.15, -0.1) is 0 Å². The van der Waals surface area contributed by atoms with E-state index < -0.39 is 11.5 Å². The van der Waals surface area contributed by atoms with Crippen LogP contribution in [0.4, 0.5) is 0 Å². The average molecular weight is 284 g/mol. The van der Waals surface area contributed by atoms with E-state index in [0.717, 1.165) is 25.9 Å². The Labute approximate surface area is 121 Å². The minimum Gasteiger partial charge on any atom is -0.480 e. The standard InChI is InChI=1S/C15H28N2O3/c1-10(17-8-11(2)20-12(3)9-17)7-15(4,14(18)19)16-13-5-6-13/h10-13,16H,5-9H2,1-4H3,(H,18,19)/t10?,11-,12+,15?. The first kappa shape index (κ1) is 15.7. The molecule has 20 heavy (non-hydrogen) atoms. The Bertz CT molecular complexity index is 349. The van der Waals surface area contributed by atoms with E-state index in [1.165, 1.54) is 0 Å². The van der Waals surface area contributed by atoms with Crippen LogP contribution >= 0.6 is 0 Å². The second kappa shape index (κ2) is 6.00. The fourth-order valence-corrected chi connectivity index (χ4v) is 3.18. The number of nitrogens with zero attached hydrogens (tertiary/aromatic N) is 1. The van der Waals surface area contributed by atoms with Crippen LogP contribution in [0.5, 0.6) is 0 Å². The zero-order valence-corrected chi connectivity index (χ0v) is 13.1. The van der Waals surface area contributed by atoms with Gasteiger partial charge in [0.2, 0.25) is 0 Å². The second-order valence-electron chi connectivity index (χ2n) is 6.82. The van der Waals surface area contributed by atoms with Gasteiger partial charge < -0.3 is 9.84 Å². The second-order valence-corrected chi connectivity index (χ2v) is 6.82. The molecule has 1 aliphatic heterocycles. The van der Waals surface area contributed by atoms with Gasteiger partial charge in [0.15, 0.2) is 0 Å². The van der Waals surface area contributed by atoms with Crippen LogP contribution in [0.1, 0.15) is 47.0 Å². The summed E-state index contributed by atoms with van der Waals surface area (Å²) in [5, 5.41) is 12.9. The predicted molar refractivity (Wildman–Crippen MR) is 77.9 cm³/mol. The van der Waals surface area contributed by atoms with Gasteiger partial charge in [-0.05, 0) is 47.0 Å². The summed E-state index contributed by atoms with van der Waals surface area (Å²) in [5.41, 5.74) is -0.828. The molecule has 2 fully saturated rings. The maximum Gasteiger partial charge on any atom is 0.323 e. The van der Waals surface area contributed by atoms with E-state index in [2.05, 4.69) is 31.0 Å². The van der Waals surface area contributed by atoms with Crippen LogP contribution in [-0.2, 0) is 9.53 Å². The summed E-state index contributed by atoms with van der Waals surface area (Å²) in [6.45, 7) is 9.86. The molecule has 0 bridgehead atoms. The molecule has 5 heteroatoms. The molecular formula is C15H28N2O3. The topological polar surface area (TPSA) is 61.8 Å². The highest BCUT2D eigenvalue weighted by atomic mass is 16.5. The minimum absolute atomic E-state index is 0.216. The number of carbonyl (C=O) groups is 1. The quantitative estimate of drug-likeness (QED) is 0.773. The first-order valence-electron chi connectivity index (χ1n) is 7.71. The number of morpholine rings is 1. The molecule has 1 saturated carbocycles. The number of hydrogen-bond donors (Lipinski definition) is 2. The molecule has 0 radical (unpaired) electrons. The van der Waals surface area contributed by atoms with Crippen molar-refractivity contribution in [2.24, 2.45) is 0 Å². The average Bonchev–Trinajstić information content (AvgIpc) is 3.11. The van der Waals surface area contributed by atoms with Crippen LogP contribution in [0.2, 0.25) is 0 Å². The molecule has 2 rings (SSSR count). The Morgan fingerprint density at radius 3 is 2.40 bits per heavy atom. The predicted octanol–water partition coefficient (Wildman–Crippen LogP) is 1.47. The van der Waals surface area contributed by atoms with Crippen LogP contribution < -0.4 is 5.32 Å². The summed E-state index contributed by atoms with van der Waals surface area (Å²) in [6.07, 6.45) is 3.26. The van der Waals surface area contributed by atoms with Crippen LogP contribution in [0.15, 0.2) is 0 Å². The summed E-state index contributed by atoms with van der Waals surface area (Å²) in [7, 11) is 0. The lowest BCUT2D eigenvalue weighted by Gasteiger charge is -2.41.